The molecule has 9 heteroatoms. The number of esters is 1. The number of nitrogens with one attached hydrogen (secondary N) is 2. The summed E-state index contributed by atoms with van der Waals surface area (Å²) in [5.74, 6) is 1.00. The third-order valence-electron chi connectivity index (χ3n) is 4.85. The minimum absolute atomic E-state index is 0. The Bertz CT molecular complexity index is 636. The number of hydrogen-bond donors (Lipinski definition) is 2. The molecule has 0 spiro atoms. The largest absolute Gasteiger partial charge is 0.497 e. The molecule has 164 valence electrons. The first-order valence-corrected chi connectivity index (χ1v) is 9.57. The molecule has 0 aliphatic carbocycles. The molecule has 1 heterocycles. The van der Waals surface area contributed by atoms with E-state index < -0.39 is 0 Å². The van der Waals surface area contributed by atoms with Crippen LogP contribution in [0.1, 0.15) is 18.5 Å². The smallest absolute Gasteiger partial charge is 0.310 e. The van der Waals surface area contributed by atoms with Crippen LogP contribution in [0.25, 0.3) is 0 Å². The number of nitrogens with zero attached hydrogens (tertiary/aromatic N) is 2. The van der Waals surface area contributed by atoms with Gasteiger partial charge < -0.3 is 24.8 Å². The van der Waals surface area contributed by atoms with Gasteiger partial charge in [0.05, 0.1) is 39.4 Å². The Morgan fingerprint density at radius 3 is 2.34 bits per heavy atom. The van der Waals surface area contributed by atoms with E-state index in [9.17, 15) is 4.79 Å². The summed E-state index contributed by atoms with van der Waals surface area (Å²) in [5, 5.41) is 6.57. The number of rotatable bonds is 8. The standard InChI is InChI=1S/C20H32N4O4.HI/c1-15(19(25)27-4)13-22-20(21-2)23-14-18(24-9-11-28-12-10-24)16-5-7-17(26-3)8-6-16;/h5-8,15,18H,9-14H2,1-4H3,(H2,21,22,23);1H. The van der Waals surface area contributed by atoms with E-state index in [1.54, 1.807) is 14.2 Å². The molecule has 1 aromatic carbocycles. The number of guanidine groups is 1. The SMILES string of the molecule is CN=C(NCC(C)C(=O)OC)NCC(c1ccc(OC)cc1)N1CCOCC1.I. The summed E-state index contributed by atoms with van der Waals surface area (Å²) < 4.78 is 15.5. The number of carbonyl (C=O) groups excluding carboxylic acids is 1. The normalized spacial score (nSPS) is 16.9. The van der Waals surface area contributed by atoms with Crippen LogP contribution in [0.15, 0.2) is 29.3 Å². The number of benzene rings is 1. The third-order valence-corrected chi connectivity index (χ3v) is 4.85. The molecule has 0 amide bonds. The van der Waals surface area contributed by atoms with E-state index >= 15 is 0 Å². The second-order valence-corrected chi connectivity index (χ2v) is 6.70. The highest BCUT2D eigenvalue weighted by molar-refractivity contribution is 14.0. The third kappa shape index (κ3) is 7.98. The lowest BCUT2D eigenvalue weighted by Crippen LogP contribution is -2.47. The Kier molecular flexibility index (Phi) is 11.9. The molecule has 0 aromatic heterocycles. The van der Waals surface area contributed by atoms with Gasteiger partial charge in [0, 0.05) is 33.2 Å². The van der Waals surface area contributed by atoms with Crippen molar-refractivity contribution in [2.24, 2.45) is 10.9 Å². The van der Waals surface area contributed by atoms with Crippen molar-refractivity contribution in [1.82, 2.24) is 15.5 Å². The van der Waals surface area contributed by atoms with Crippen LogP contribution < -0.4 is 15.4 Å². The van der Waals surface area contributed by atoms with Crippen molar-refractivity contribution in [2.75, 3.05) is 60.7 Å². The molecule has 1 aromatic rings. The second kappa shape index (κ2) is 13.6. The van der Waals surface area contributed by atoms with Gasteiger partial charge in [-0.2, -0.15) is 0 Å². The van der Waals surface area contributed by atoms with Crippen LogP contribution in [0, 0.1) is 5.92 Å². The van der Waals surface area contributed by atoms with Crippen LogP contribution in [0.4, 0.5) is 0 Å². The van der Waals surface area contributed by atoms with Crippen LogP contribution >= 0.6 is 24.0 Å². The number of methoxy groups -OCH3 is 2. The van der Waals surface area contributed by atoms with E-state index in [0.29, 0.717) is 19.0 Å². The molecule has 2 N–H and O–H groups in total. The Balaban J connectivity index is 0.00000420. The van der Waals surface area contributed by atoms with Gasteiger partial charge in [0.2, 0.25) is 0 Å². The molecule has 1 fully saturated rings. The molecule has 2 unspecified atom stereocenters. The van der Waals surface area contributed by atoms with Gasteiger partial charge in [0.1, 0.15) is 5.75 Å². The summed E-state index contributed by atoms with van der Waals surface area (Å²) in [6.45, 7) is 6.18. The number of hydrogen-bond acceptors (Lipinski definition) is 6. The van der Waals surface area contributed by atoms with Gasteiger partial charge in [-0.15, -0.1) is 24.0 Å². The lowest BCUT2D eigenvalue weighted by Gasteiger charge is -2.35. The summed E-state index contributed by atoms with van der Waals surface area (Å²) in [5.41, 5.74) is 1.20. The maximum atomic E-state index is 11.6. The molecule has 2 atom stereocenters. The second-order valence-electron chi connectivity index (χ2n) is 6.70. The molecule has 29 heavy (non-hydrogen) atoms. The molecule has 2 rings (SSSR count). The fraction of sp³-hybridized carbons (Fsp3) is 0.600. The first-order valence-electron chi connectivity index (χ1n) is 9.57. The highest BCUT2D eigenvalue weighted by atomic mass is 127. The Hall–Kier alpha value is -1.59. The van der Waals surface area contributed by atoms with E-state index in [4.69, 9.17) is 14.2 Å². The zero-order valence-corrected chi connectivity index (χ0v) is 20.0. The number of aliphatic imine (C=N–C) groups is 1. The predicted octanol–water partition coefficient (Wildman–Crippen LogP) is 1.66. The Labute approximate surface area is 190 Å². The lowest BCUT2D eigenvalue weighted by molar-refractivity contribution is -0.144. The topological polar surface area (TPSA) is 84.4 Å². The van der Waals surface area contributed by atoms with E-state index in [2.05, 4.69) is 32.7 Å². The number of halogens is 1. The van der Waals surface area contributed by atoms with Crippen LogP contribution in [-0.4, -0.2) is 77.5 Å². The minimum Gasteiger partial charge on any atom is -0.497 e. The van der Waals surface area contributed by atoms with Crippen LogP contribution in [0.3, 0.4) is 0 Å². The molecule has 1 aliphatic rings. The maximum Gasteiger partial charge on any atom is 0.310 e. The first-order chi connectivity index (χ1) is 13.6. The van der Waals surface area contributed by atoms with E-state index in [1.165, 1.54) is 12.7 Å². The average molecular weight is 520 g/mol. The van der Waals surface area contributed by atoms with Crippen molar-refractivity contribution in [3.8, 4) is 5.75 Å². The van der Waals surface area contributed by atoms with Crippen LogP contribution in [0.5, 0.6) is 5.75 Å². The van der Waals surface area contributed by atoms with Gasteiger partial charge >= 0.3 is 5.97 Å². The Morgan fingerprint density at radius 2 is 1.79 bits per heavy atom. The summed E-state index contributed by atoms with van der Waals surface area (Å²) in [6.07, 6.45) is 0. The molecule has 1 aliphatic heterocycles. The van der Waals surface area contributed by atoms with Crippen molar-refractivity contribution in [3.63, 3.8) is 0 Å². The van der Waals surface area contributed by atoms with Gasteiger partial charge in [-0.05, 0) is 17.7 Å². The number of ether oxygens (including phenoxy) is 3. The van der Waals surface area contributed by atoms with E-state index in [0.717, 1.165) is 32.1 Å². The highest BCUT2D eigenvalue weighted by Gasteiger charge is 2.23. The van der Waals surface area contributed by atoms with Gasteiger partial charge in [0.25, 0.3) is 0 Å². The summed E-state index contributed by atoms with van der Waals surface area (Å²) >= 11 is 0. The fourth-order valence-electron chi connectivity index (χ4n) is 3.12. The van der Waals surface area contributed by atoms with Crippen molar-refractivity contribution in [3.05, 3.63) is 29.8 Å². The average Bonchev–Trinajstić information content (AvgIpc) is 2.76. The number of morpholine rings is 1. The molecule has 0 bridgehead atoms. The summed E-state index contributed by atoms with van der Waals surface area (Å²) in [6, 6.07) is 8.32. The van der Waals surface area contributed by atoms with Gasteiger partial charge in [0.15, 0.2) is 5.96 Å². The van der Waals surface area contributed by atoms with Gasteiger partial charge in [-0.25, -0.2) is 0 Å². The van der Waals surface area contributed by atoms with E-state index in [-0.39, 0.29) is 41.9 Å². The summed E-state index contributed by atoms with van der Waals surface area (Å²) in [7, 11) is 4.78. The van der Waals surface area contributed by atoms with Crippen molar-refractivity contribution < 1.29 is 19.0 Å². The number of carbonyl (C=O) groups is 1. The monoisotopic (exact) mass is 520 g/mol. The van der Waals surface area contributed by atoms with E-state index in [1.807, 2.05) is 19.1 Å². The maximum absolute atomic E-state index is 11.6. The van der Waals surface area contributed by atoms with Gasteiger partial charge in [-0.3, -0.25) is 14.7 Å². The highest BCUT2D eigenvalue weighted by Crippen LogP contribution is 2.23. The molecule has 0 radical (unpaired) electrons. The van der Waals surface area contributed by atoms with Crippen molar-refractivity contribution >= 4 is 35.9 Å². The Morgan fingerprint density at radius 1 is 1.17 bits per heavy atom. The van der Waals surface area contributed by atoms with Crippen molar-refractivity contribution in [2.45, 2.75) is 13.0 Å². The zero-order valence-electron chi connectivity index (χ0n) is 17.6. The van der Waals surface area contributed by atoms with Crippen molar-refractivity contribution in [1.29, 1.82) is 0 Å². The van der Waals surface area contributed by atoms with Crippen LogP contribution in [-0.2, 0) is 14.3 Å². The zero-order chi connectivity index (χ0) is 20.4. The van der Waals surface area contributed by atoms with Crippen LogP contribution in [0.2, 0.25) is 0 Å². The lowest BCUT2D eigenvalue weighted by atomic mass is 10.0. The molecular weight excluding hydrogens is 487 g/mol. The molecule has 1 saturated heterocycles. The van der Waals surface area contributed by atoms with Gasteiger partial charge in [-0.1, -0.05) is 19.1 Å². The molecular formula is C20H33IN4O4. The quantitative estimate of drug-likeness (QED) is 0.234. The minimum atomic E-state index is -0.250. The predicted molar refractivity (Wildman–Crippen MR) is 124 cm³/mol. The molecule has 0 saturated carbocycles. The fourth-order valence-corrected chi connectivity index (χ4v) is 3.12. The molecule has 8 nitrogen and oxygen atoms in total. The first kappa shape index (κ1) is 25.4. The summed E-state index contributed by atoms with van der Waals surface area (Å²) in [4.78, 5) is 18.2.